The van der Waals surface area contributed by atoms with Crippen molar-refractivity contribution < 1.29 is 4.79 Å². The molecule has 21 heavy (non-hydrogen) atoms. The van der Waals surface area contributed by atoms with Gasteiger partial charge in [-0.3, -0.25) is 4.79 Å². The molecule has 1 heteroatoms. The summed E-state index contributed by atoms with van der Waals surface area (Å²) < 4.78 is 0. The molecule has 0 radical (unpaired) electrons. The van der Waals surface area contributed by atoms with Gasteiger partial charge in [0.15, 0.2) is 0 Å². The molecular formula is C20H28O. The molecule has 1 rings (SSSR count). The maximum atomic E-state index is 10.4. The monoisotopic (exact) mass is 284 g/mol. The van der Waals surface area contributed by atoms with E-state index in [0.717, 1.165) is 11.9 Å². The first-order valence-corrected chi connectivity index (χ1v) is 7.72. The van der Waals surface area contributed by atoms with E-state index in [1.165, 1.54) is 36.0 Å². The standard InChI is InChI=1S/C20H28O/c1-16(11-12-17(2)13-15-21)8-6-10-19-18(3)9-7-14-20(19,4)5/h6,8,10-13,15H,7,9,14H2,1-5H3/b10-6+,12-11+,16-8+,17-13+. The Hall–Kier alpha value is -1.63. The first-order chi connectivity index (χ1) is 9.86. The smallest absolute Gasteiger partial charge is 0.143 e. The van der Waals surface area contributed by atoms with Gasteiger partial charge in [-0.2, -0.15) is 0 Å². The van der Waals surface area contributed by atoms with Gasteiger partial charge >= 0.3 is 0 Å². The van der Waals surface area contributed by atoms with Gasteiger partial charge in [0.25, 0.3) is 0 Å². The van der Waals surface area contributed by atoms with Gasteiger partial charge in [-0.15, -0.1) is 0 Å². The van der Waals surface area contributed by atoms with E-state index < -0.39 is 0 Å². The van der Waals surface area contributed by atoms with E-state index in [1.807, 2.05) is 19.1 Å². The van der Waals surface area contributed by atoms with Gasteiger partial charge in [0, 0.05) is 0 Å². The highest BCUT2D eigenvalue weighted by molar-refractivity contribution is 5.67. The number of carbonyl (C=O) groups is 1. The van der Waals surface area contributed by atoms with Crippen molar-refractivity contribution in [2.75, 3.05) is 0 Å². The topological polar surface area (TPSA) is 17.1 Å². The quantitative estimate of drug-likeness (QED) is 0.358. The highest BCUT2D eigenvalue weighted by atomic mass is 16.1. The Morgan fingerprint density at radius 3 is 2.29 bits per heavy atom. The molecule has 0 bridgehead atoms. The van der Waals surface area contributed by atoms with Crippen LogP contribution in [0, 0.1) is 5.41 Å². The van der Waals surface area contributed by atoms with E-state index in [9.17, 15) is 4.79 Å². The lowest BCUT2D eigenvalue weighted by atomic mass is 9.72. The number of hydrogen-bond donors (Lipinski definition) is 0. The average molecular weight is 284 g/mol. The van der Waals surface area contributed by atoms with Crippen molar-refractivity contribution in [2.24, 2.45) is 5.41 Å². The maximum absolute atomic E-state index is 10.4. The van der Waals surface area contributed by atoms with Gasteiger partial charge in [-0.25, -0.2) is 0 Å². The summed E-state index contributed by atoms with van der Waals surface area (Å²) in [6, 6.07) is 0. The molecule has 0 heterocycles. The Morgan fingerprint density at radius 2 is 1.71 bits per heavy atom. The summed E-state index contributed by atoms with van der Waals surface area (Å²) in [5.41, 5.74) is 5.44. The first-order valence-electron chi connectivity index (χ1n) is 7.72. The Labute approximate surface area is 129 Å². The van der Waals surface area contributed by atoms with Gasteiger partial charge in [0.1, 0.15) is 6.29 Å². The van der Waals surface area contributed by atoms with Gasteiger partial charge in [-0.05, 0) is 62.7 Å². The fourth-order valence-corrected chi connectivity index (χ4v) is 2.79. The molecule has 0 saturated carbocycles. The molecule has 0 saturated heterocycles. The van der Waals surface area contributed by atoms with Crippen LogP contribution in [0.4, 0.5) is 0 Å². The van der Waals surface area contributed by atoms with Gasteiger partial charge in [0.2, 0.25) is 0 Å². The molecule has 0 aromatic carbocycles. The van der Waals surface area contributed by atoms with Crippen molar-refractivity contribution in [2.45, 2.75) is 53.9 Å². The minimum atomic E-state index is 0.291. The lowest BCUT2D eigenvalue weighted by Crippen LogP contribution is -2.18. The fourth-order valence-electron chi connectivity index (χ4n) is 2.79. The van der Waals surface area contributed by atoms with Gasteiger partial charge in [-0.1, -0.05) is 55.4 Å². The second-order valence-corrected chi connectivity index (χ2v) is 6.58. The van der Waals surface area contributed by atoms with E-state index >= 15 is 0 Å². The summed E-state index contributed by atoms with van der Waals surface area (Å²) in [6.07, 6.45) is 16.7. The summed E-state index contributed by atoms with van der Waals surface area (Å²) in [5.74, 6) is 0. The summed E-state index contributed by atoms with van der Waals surface area (Å²) >= 11 is 0. The van der Waals surface area contributed by atoms with Crippen LogP contribution >= 0.6 is 0 Å². The minimum Gasteiger partial charge on any atom is -0.299 e. The normalized spacial score (nSPS) is 20.6. The number of rotatable bonds is 5. The lowest BCUT2D eigenvalue weighted by Gasteiger charge is -2.32. The predicted octanol–water partition coefficient (Wildman–Crippen LogP) is 5.72. The van der Waals surface area contributed by atoms with Crippen LogP contribution in [-0.2, 0) is 4.79 Å². The first kappa shape index (κ1) is 17.4. The molecule has 0 aromatic heterocycles. The minimum absolute atomic E-state index is 0.291. The third-order valence-electron chi connectivity index (χ3n) is 4.10. The summed E-state index contributed by atoms with van der Waals surface area (Å²) in [4.78, 5) is 10.4. The average Bonchev–Trinajstić information content (AvgIpc) is 2.40. The van der Waals surface area contributed by atoms with E-state index in [0.29, 0.717) is 5.41 Å². The van der Waals surface area contributed by atoms with Crippen molar-refractivity contribution in [3.63, 3.8) is 0 Å². The zero-order chi connectivity index (χ0) is 15.9. The molecule has 114 valence electrons. The zero-order valence-corrected chi connectivity index (χ0v) is 14.1. The second kappa shape index (κ2) is 7.97. The van der Waals surface area contributed by atoms with E-state index in [1.54, 1.807) is 6.08 Å². The van der Waals surface area contributed by atoms with Gasteiger partial charge in [0.05, 0.1) is 0 Å². The Balaban J connectivity index is 2.79. The molecule has 0 amide bonds. The van der Waals surface area contributed by atoms with Crippen LogP contribution in [0.5, 0.6) is 0 Å². The number of allylic oxidation sites excluding steroid dienone is 10. The lowest BCUT2D eigenvalue weighted by molar-refractivity contribution is -0.104. The van der Waals surface area contributed by atoms with Crippen molar-refractivity contribution in [3.8, 4) is 0 Å². The summed E-state index contributed by atoms with van der Waals surface area (Å²) in [7, 11) is 0. The van der Waals surface area contributed by atoms with E-state index in [-0.39, 0.29) is 0 Å². The third kappa shape index (κ3) is 5.71. The van der Waals surface area contributed by atoms with Crippen LogP contribution in [0.2, 0.25) is 0 Å². The molecular weight excluding hydrogens is 256 g/mol. The Bertz CT molecular complexity index is 522. The van der Waals surface area contributed by atoms with Crippen LogP contribution in [0.3, 0.4) is 0 Å². The molecule has 0 aromatic rings. The SMILES string of the molecule is CC1=C(/C=C/C=C(C)/C=C/C(C)=C/C=O)C(C)(C)CCC1. The molecule has 0 atom stereocenters. The van der Waals surface area contributed by atoms with Crippen molar-refractivity contribution in [1.82, 2.24) is 0 Å². The van der Waals surface area contributed by atoms with Crippen molar-refractivity contribution >= 4 is 6.29 Å². The van der Waals surface area contributed by atoms with E-state index in [2.05, 4.69) is 45.9 Å². The molecule has 0 aliphatic heterocycles. The van der Waals surface area contributed by atoms with E-state index in [4.69, 9.17) is 0 Å². The van der Waals surface area contributed by atoms with Crippen molar-refractivity contribution in [3.05, 3.63) is 58.7 Å². The maximum Gasteiger partial charge on any atom is 0.143 e. The summed E-state index contributed by atoms with van der Waals surface area (Å²) in [5, 5.41) is 0. The Kier molecular flexibility index (Phi) is 6.61. The number of carbonyl (C=O) groups excluding carboxylic acids is 1. The van der Waals surface area contributed by atoms with Crippen LogP contribution in [0.15, 0.2) is 58.7 Å². The molecule has 1 nitrogen and oxygen atoms in total. The highest BCUT2D eigenvalue weighted by Crippen LogP contribution is 2.40. The molecule has 0 N–H and O–H groups in total. The third-order valence-corrected chi connectivity index (χ3v) is 4.10. The molecule has 0 fully saturated rings. The number of aldehydes is 1. The Morgan fingerprint density at radius 1 is 1.10 bits per heavy atom. The fraction of sp³-hybridized carbons (Fsp3) is 0.450. The molecule has 0 spiro atoms. The molecule has 1 aliphatic carbocycles. The van der Waals surface area contributed by atoms with Crippen LogP contribution in [-0.4, -0.2) is 6.29 Å². The molecule has 1 aliphatic rings. The zero-order valence-electron chi connectivity index (χ0n) is 14.1. The predicted molar refractivity (Wildman–Crippen MR) is 92.2 cm³/mol. The number of hydrogen-bond acceptors (Lipinski definition) is 1. The van der Waals surface area contributed by atoms with Crippen molar-refractivity contribution in [1.29, 1.82) is 0 Å². The van der Waals surface area contributed by atoms with Gasteiger partial charge < -0.3 is 0 Å². The highest BCUT2D eigenvalue weighted by Gasteiger charge is 2.26. The van der Waals surface area contributed by atoms with Crippen LogP contribution in [0.1, 0.15) is 53.9 Å². The van der Waals surface area contributed by atoms with Crippen LogP contribution < -0.4 is 0 Å². The second-order valence-electron chi connectivity index (χ2n) is 6.58. The molecule has 0 unspecified atom stereocenters. The van der Waals surface area contributed by atoms with Crippen LogP contribution in [0.25, 0.3) is 0 Å². The largest absolute Gasteiger partial charge is 0.299 e. The summed E-state index contributed by atoms with van der Waals surface area (Å²) in [6.45, 7) is 10.9.